The minimum Gasteiger partial charge on any atom is -0.347 e. The van der Waals surface area contributed by atoms with Gasteiger partial charge in [-0.2, -0.15) is 0 Å². The number of anilines is 1. The van der Waals surface area contributed by atoms with Gasteiger partial charge in [0.1, 0.15) is 5.82 Å². The van der Waals surface area contributed by atoms with Crippen molar-refractivity contribution < 1.29 is 4.79 Å². The van der Waals surface area contributed by atoms with Crippen LogP contribution in [0.4, 0.5) is 5.82 Å². The first-order valence-corrected chi connectivity index (χ1v) is 6.67. The van der Waals surface area contributed by atoms with Gasteiger partial charge in [0.15, 0.2) is 5.78 Å². The van der Waals surface area contributed by atoms with Gasteiger partial charge < -0.3 is 5.32 Å². The maximum absolute atomic E-state index is 11.9. The molecule has 2 aromatic rings. The molecule has 1 aromatic carbocycles. The number of nitrogens with one attached hydrogen (secondary N) is 1. The molecule has 20 heavy (non-hydrogen) atoms. The minimum atomic E-state index is -0.163. The van der Waals surface area contributed by atoms with E-state index >= 15 is 0 Å². The summed E-state index contributed by atoms with van der Waals surface area (Å²) in [6.45, 7) is 1.97. The topological polar surface area (TPSA) is 42.0 Å². The standard InChI is InChI=1S/C15H12Cl2N2O/c1-10-4-6-18-15(8-10)19-7-5-14(20)11-2-3-12(16)13(17)9-11/h2-9H,1H3,(H,18,19). The van der Waals surface area contributed by atoms with E-state index in [9.17, 15) is 4.79 Å². The molecule has 5 heteroatoms. The van der Waals surface area contributed by atoms with Crippen LogP contribution in [0.15, 0.2) is 48.8 Å². The molecular formula is C15H12Cl2N2O. The number of hydrogen-bond donors (Lipinski definition) is 1. The van der Waals surface area contributed by atoms with Crippen molar-refractivity contribution >= 4 is 34.8 Å². The summed E-state index contributed by atoms with van der Waals surface area (Å²) in [7, 11) is 0. The highest BCUT2D eigenvalue weighted by Gasteiger charge is 2.04. The van der Waals surface area contributed by atoms with Crippen LogP contribution >= 0.6 is 23.2 Å². The van der Waals surface area contributed by atoms with Gasteiger partial charge in [-0.05, 0) is 42.8 Å². The van der Waals surface area contributed by atoms with Crippen LogP contribution in [0.3, 0.4) is 0 Å². The number of hydrogen-bond acceptors (Lipinski definition) is 3. The van der Waals surface area contributed by atoms with Gasteiger partial charge in [0.2, 0.25) is 0 Å². The van der Waals surface area contributed by atoms with E-state index in [1.54, 1.807) is 30.6 Å². The number of aromatic nitrogens is 1. The van der Waals surface area contributed by atoms with Crippen molar-refractivity contribution in [3.8, 4) is 0 Å². The molecule has 0 saturated heterocycles. The number of rotatable bonds is 4. The fourth-order valence-corrected chi connectivity index (χ4v) is 1.86. The Bertz CT molecular complexity index is 669. The Balaban J connectivity index is 2.04. The Hall–Kier alpha value is -1.84. The number of carbonyl (C=O) groups is 1. The molecule has 0 aliphatic heterocycles. The van der Waals surface area contributed by atoms with Crippen molar-refractivity contribution in [2.24, 2.45) is 0 Å². The van der Waals surface area contributed by atoms with Gasteiger partial charge in [-0.15, -0.1) is 0 Å². The molecule has 0 unspecified atom stereocenters. The van der Waals surface area contributed by atoms with Gasteiger partial charge in [0.05, 0.1) is 10.0 Å². The van der Waals surface area contributed by atoms with Gasteiger partial charge >= 0.3 is 0 Å². The van der Waals surface area contributed by atoms with Crippen molar-refractivity contribution in [2.75, 3.05) is 5.32 Å². The highest BCUT2D eigenvalue weighted by Crippen LogP contribution is 2.22. The smallest absolute Gasteiger partial charge is 0.187 e. The molecule has 2 rings (SSSR count). The van der Waals surface area contributed by atoms with Crippen molar-refractivity contribution in [1.82, 2.24) is 4.98 Å². The summed E-state index contributed by atoms with van der Waals surface area (Å²) in [6.07, 6.45) is 4.67. The molecule has 3 nitrogen and oxygen atoms in total. The van der Waals surface area contributed by atoms with E-state index in [4.69, 9.17) is 23.2 Å². The molecule has 0 saturated carbocycles. The van der Waals surface area contributed by atoms with Crippen LogP contribution in [-0.4, -0.2) is 10.8 Å². The van der Waals surface area contributed by atoms with Crippen molar-refractivity contribution in [3.63, 3.8) is 0 Å². The van der Waals surface area contributed by atoms with Crippen LogP contribution in [0, 0.1) is 6.92 Å². The lowest BCUT2D eigenvalue weighted by Gasteiger charge is -2.01. The minimum absolute atomic E-state index is 0.163. The Morgan fingerprint density at radius 2 is 2.00 bits per heavy atom. The molecule has 0 atom stereocenters. The summed E-state index contributed by atoms with van der Waals surface area (Å²) in [5.41, 5.74) is 1.57. The van der Waals surface area contributed by atoms with Gasteiger partial charge in [-0.3, -0.25) is 4.79 Å². The quantitative estimate of drug-likeness (QED) is 0.667. The zero-order valence-corrected chi connectivity index (χ0v) is 12.2. The molecule has 0 bridgehead atoms. The zero-order valence-electron chi connectivity index (χ0n) is 10.7. The maximum atomic E-state index is 11.9. The van der Waals surface area contributed by atoms with E-state index in [1.165, 1.54) is 6.08 Å². The Kier molecular flexibility index (Phi) is 4.77. The monoisotopic (exact) mass is 306 g/mol. The summed E-state index contributed by atoms with van der Waals surface area (Å²) in [5, 5.41) is 3.73. The van der Waals surface area contributed by atoms with Crippen LogP contribution in [-0.2, 0) is 0 Å². The molecule has 1 aromatic heterocycles. The fraction of sp³-hybridized carbons (Fsp3) is 0.0667. The van der Waals surface area contributed by atoms with Crippen molar-refractivity contribution in [3.05, 3.63) is 70.0 Å². The number of halogens is 2. The van der Waals surface area contributed by atoms with Gasteiger partial charge in [-0.1, -0.05) is 23.2 Å². The summed E-state index contributed by atoms with van der Waals surface area (Å²) in [4.78, 5) is 16.0. The SMILES string of the molecule is Cc1ccnc(NC=CC(=O)c2ccc(Cl)c(Cl)c2)c1. The van der Waals surface area contributed by atoms with E-state index in [0.29, 0.717) is 21.4 Å². The summed E-state index contributed by atoms with van der Waals surface area (Å²) in [6, 6.07) is 8.55. The highest BCUT2D eigenvalue weighted by molar-refractivity contribution is 6.42. The first-order chi connectivity index (χ1) is 9.56. The summed E-state index contributed by atoms with van der Waals surface area (Å²) < 4.78 is 0. The highest BCUT2D eigenvalue weighted by atomic mass is 35.5. The fourth-order valence-electron chi connectivity index (χ4n) is 1.56. The number of aryl methyl sites for hydroxylation is 1. The van der Waals surface area contributed by atoms with Crippen LogP contribution < -0.4 is 5.32 Å². The second kappa shape index (κ2) is 6.55. The predicted molar refractivity (Wildman–Crippen MR) is 82.5 cm³/mol. The molecule has 1 N–H and O–H groups in total. The number of allylic oxidation sites excluding steroid dienone is 1. The first kappa shape index (κ1) is 14.6. The average molecular weight is 307 g/mol. The third-order valence-electron chi connectivity index (χ3n) is 2.59. The van der Waals surface area contributed by atoms with Crippen molar-refractivity contribution in [1.29, 1.82) is 0 Å². The van der Waals surface area contributed by atoms with E-state index in [0.717, 1.165) is 5.56 Å². The Morgan fingerprint density at radius 3 is 2.70 bits per heavy atom. The number of ketones is 1. The van der Waals surface area contributed by atoms with E-state index in [1.807, 2.05) is 19.1 Å². The van der Waals surface area contributed by atoms with Crippen LogP contribution in [0.2, 0.25) is 10.0 Å². The maximum Gasteiger partial charge on any atom is 0.187 e. The number of carbonyl (C=O) groups excluding carboxylic acids is 1. The molecule has 0 aliphatic carbocycles. The molecule has 1 heterocycles. The lowest BCUT2D eigenvalue weighted by molar-refractivity contribution is 0.104. The molecule has 0 radical (unpaired) electrons. The van der Waals surface area contributed by atoms with Crippen LogP contribution in [0.1, 0.15) is 15.9 Å². The van der Waals surface area contributed by atoms with Crippen LogP contribution in [0.5, 0.6) is 0 Å². The van der Waals surface area contributed by atoms with Crippen molar-refractivity contribution in [2.45, 2.75) is 6.92 Å². The number of pyridine rings is 1. The van der Waals surface area contributed by atoms with E-state index in [-0.39, 0.29) is 5.78 Å². The second-order valence-corrected chi connectivity index (χ2v) is 5.00. The summed E-state index contributed by atoms with van der Waals surface area (Å²) >= 11 is 11.7. The molecule has 0 spiro atoms. The lowest BCUT2D eigenvalue weighted by Crippen LogP contribution is -1.97. The predicted octanol–water partition coefficient (Wildman–Crippen LogP) is 4.51. The Labute approximate surface area is 127 Å². The largest absolute Gasteiger partial charge is 0.347 e. The normalized spacial score (nSPS) is 10.8. The van der Waals surface area contributed by atoms with E-state index < -0.39 is 0 Å². The van der Waals surface area contributed by atoms with E-state index in [2.05, 4.69) is 10.3 Å². The average Bonchev–Trinajstić information content (AvgIpc) is 2.42. The lowest BCUT2D eigenvalue weighted by atomic mass is 10.1. The molecule has 0 amide bonds. The molecule has 0 fully saturated rings. The number of benzene rings is 1. The van der Waals surface area contributed by atoms with Crippen LogP contribution in [0.25, 0.3) is 0 Å². The first-order valence-electron chi connectivity index (χ1n) is 5.91. The summed E-state index contributed by atoms with van der Waals surface area (Å²) in [5.74, 6) is 0.520. The van der Waals surface area contributed by atoms with Gasteiger partial charge in [0.25, 0.3) is 0 Å². The molecule has 0 aliphatic rings. The van der Waals surface area contributed by atoms with Gasteiger partial charge in [-0.25, -0.2) is 4.98 Å². The third-order valence-corrected chi connectivity index (χ3v) is 3.32. The third kappa shape index (κ3) is 3.83. The number of nitrogens with zero attached hydrogens (tertiary/aromatic N) is 1. The van der Waals surface area contributed by atoms with Gasteiger partial charge in [0, 0.05) is 24.0 Å². The second-order valence-electron chi connectivity index (χ2n) is 4.19. The molecule has 102 valence electrons. The molecular weight excluding hydrogens is 295 g/mol. The zero-order chi connectivity index (χ0) is 14.5. The Morgan fingerprint density at radius 1 is 1.20 bits per heavy atom.